The molecule has 24 heavy (non-hydrogen) atoms. The number of hydrogen-bond acceptors (Lipinski definition) is 4. The van der Waals surface area contributed by atoms with Crippen LogP contribution in [0.4, 0.5) is 8.78 Å². The lowest BCUT2D eigenvalue weighted by molar-refractivity contribution is 0.114. The number of benzene rings is 2. The van der Waals surface area contributed by atoms with Crippen LogP contribution in [-0.4, -0.2) is 30.4 Å². The van der Waals surface area contributed by atoms with Crippen LogP contribution in [0, 0.1) is 15.2 Å². The van der Waals surface area contributed by atoms with Gasteiger partial charge in [0.2, 0.25) is 0 Å². The van der Waals surface area contributed by atoms with Gasteiger partial charge in [0.25, 0.3) is 0 Å². The highest BCUT2D eigenvalue weighted by Gasteiger charge is 2.15. The van der Waals surface area contributed by atoms with Gasteiger partial charge in [-0.1, -0.05) is 12.1 Å². The molecule has 2 rings (SSSR count). The molecule has 0 aliphatic carbocycles. The number of ether oxygens (including phenoxy) is 1. The van der Waals surface area contributed by atoms with Crippen LogP contribution in [-0.2, 0) is 6.54 Å². The van der Waals surface area contributed by atoms with Gasteiger partial charge in [-0.3, -0.25) is 0 Å². The van der Waals surface area contributed by atoms with E-state index in [2.05, 4.69) is 27.9 Å². The predicted octanol–water partition coefficient (Wildman–Crippen LogP) is 2.43. The largest absolute Gasteiger partial charge is 0.492 e. The van der Waals surface area contributed by atoms with Gasteiger partial charge in [0.1, 0.15) is 24.0 Å². The molecule has 0 heterocycles. The first-order chi connectivity index (χ1) is 11.4. The van der Waals surface area contributed by atoms with E-state index >= 15 is 0 Å². The van der Waals surface area contributed by atoms with Crippen molar-refractivity contribution >= 4 is 22.6 Å². The van der Waals surface area contributed by atoms with Crippen LogP contribution in [0.2, 0.25) is 0 Å². The van der Waals surface area contributed by atoms with E-state index in [0.717, 1.165) is 27.3 Å². The van der Waals surface area contributed by atoms with Crippen LogP contribution in [0.3, 0.4) is 0 Å². The number of halogens is 3. The summed E-state index contributed by atoms with van der Waals surface area (Å²) < 4.78 is 32.5. The lowest BCUT2D eigenvalue weighted by Crippen LogP contribution is -2.45. The Morgan fingerprint density at radius 2 is 1.88 bits per heavy atom. The van der Waals surface area contributed by atoms with Crippen LogP contribution >= 0.6 is 22.6 Å². The summed E-state index contributed by atoms with van der Waals surface area (Å²) in [6.07, 6.45) is -0.841. The molecular weight excluding hydrogens is 429 g/mol. The highest BCUT2D eigenvalue weighted by atomic mass is 127. The van der Waals surface area contributed by atoms with E-state index < -0.39 is 23.8 Å². The molecule has 0 bridgehead atoms. The van der Waals surface area contributed by atoms with E-state index in [1.165, 1.54) is 0 Å². The zero-order valence-electron chi connectivity index (χ0n) is 12.9. The van der Waals surface area contributed by atoms with Crippen LogP contribution in [0.5, 0.6) is 5.75 Å². The molecule has 2 aromatic carbocycles. The molecule has 0 aliphatic rings. The quantitative estimate of drug-likeness (QED) is 0.543. The number of nitrogens with two attached hydrogens (primary N) is 1. The lowest BCUT2D eigenvalue weighted by atomic mass is 10.1. The monoisotopic (exact) mass is 448 g/mol. The Hall–Kier alpha value is -1.29. The van der Waals surface area contributed by atoms with Crippen molar-refractivity contribution in [3.05, 3.63) is 63.2 Å². The van der Waals surface area contributed by atoms with Crippen molar-refractivity contribution in [2.24, 2.45) is 5.73 Å². The molecule has 0 fully saturated rings. The van der Waals surface area contributed by atoms with Crippen molar-refractivity contribution < 1.29 is 18.6 Å². The second kappa shape index (κ2) is 9.26. The Balaban J connectivity index is 1.74. The smallest absolute Gasteiger partial charge is 0.129 e. The second-order valence-corrected chi connectivity index (χ2v) is 6.65. The number of aliphatic hydroxyl groups is 1. The SMILES string of the molecule is NC(COc1cc(F)cc(F)c1)C(O)CNCc1cccc(I)c1. The number of aliphatic hydroxyl groups excluding tert-OH is 1. The molecular formula is C17H19F2IN2O2. The van der Waals surface area contributed by atoms with Gasteiger partial charge in [-0.15, -0.1) is 0 Å². The Kier molecular flexibility index (Phi) is 7.35. The van der Waals surface area contributed by atoms with Gasteiger partial charge in [-0.2, -0.15) is 0 Å². The van der Waals surface area contributed by atoms with E-state index in [-0.39, 0.29) is 18.9 Å². The molecule has 0 aromatic heterocycles. The third-order valence-corrected chi connectivity index (χ3v) is 4.02. The summed E-state index contributed by atoms with van der Waals surface area (Å²) in [7, 11) is 0. The summed E-state index contributed by atoms with van der Waals surface area (Å²) in [4.78, 5) is 0. The third kappa shape index (κ3) is 6.31. The van der Waals surface area contributed by atoms with Crippen molar-refractivity contribution in [1.82, 2.24) is 5.32 Å². The van der Waals surface area contributed by atoms with Gasteiger partial charge in [0, 0.05) is 34.9 Å². The summed E-state index contributed by atoms with van der Waals surface area (Å²) in [6, 6.07) is 10.2. The maximum absolute atomic E-state index is 13.1. The molecule has 4 N–H and O–H groups in total. The molecule has 2 atom stereocenters. The average Bonchev–Trinajstić information content (AvgIpc) is 2.51. The molecule has 0 amide bonds. The molecule has 4 nitrogen and oxygen atoms in total. The van der Waals surface area contributed by atoms with Gasteiger partial charge in [0.05, 0.1) is 12.1 Å². The van der Waals surface area contributed by atoms with Gasteiger partial charge >= 0.3 is 0 Å². The Bertz CT molecular complexity index is 653. The molecule has 0 saturated heterocycles. The van der Waals surface area contributed by atoms with E-state index in [9.17, 15) is 13.9 Å². The van der Waals surface area contributed by atoms with E-state index in [4.69, 9.17) is 10.5 Å². The van der Waals surface area contributed by atoms with E-state index in [1.54, 1.807) is 0 Å². The van der Waals surface area contributed by atoms with Crippen molar-refractivity contribution in [3.63, 3.8) is 0 Å². The highest BCUT2D eigenvalue weighted by Crippen LogP contribution is 2.15. The van der Waals surface area contributed by atoms with E-state index in [0.29, 0.717) is 6.54 Å². The minimum Gasteiger partial charge on any atom is -0.492 e. The summed E-state index contributed by atoms with van der Waals surface area (Å²) >= 11 is 2.24. The normalized spacial score (nSPS) is 13.5. The summed E-state index contributed by atoms with van der Waals surface area (Å²) in [5.41, 5.74) is 6.95. The highest BCUT2D eigenvalue weighted by molar-refractivity contribution is 14.1. The first-order valence-corrected chi connectivity index (χ1v) is 8.49. The zero-order chi connectivity index (χ0) is 17.5. The fourth-order valence-electron chi connectivity index (χ4n) is 2.08. The molecule has 0 saturated carbocycles. The molecule has 2 unspecified atom stereocenters. The molecule has 130 valence electrons. The van der Waals surface area contributed by atoms with Crippen LogP contribution < -0.4 is 15.8 Å². The topological polar surface area (TPSA) is 67.5 Å². The Labute approximate surface area is 153 Å². The first kappa shape index (κ1) is 19.0. The first-order valence-electron chi connectivity index (χ1n) is 7.42. The molecule has 0 spiro atoms. The minimum atomic E-state index is -0.841. The van der Waals surface area contributed by atoms with Gasteiger partial charge in [0.15, 0.2) is 0 Å². The molecule has 7 heteroatoms. The number of hydrogen-bond donors (Lipinski definition) is 3. The van der Waals surface area contributed by atoms with E-state index in [1.807, 2.05) is 24.3 Å². The van der Waals surface area contributed by atoms with Crippen molar-refractivity contribution in [2.75, 3.05) is 13.2 Å². The number of rotatable bonds is 8. The van der Waals surface area contributed by atoms with Crippen LogP contribution in [0.25, 0.3) is 0 Å². The Morgan fingerprint density at radius 1 is 1.17 bits per heavy atom. The van der Waals surface area contributed by atoms with Crippen LogP contribution in [0.1, 0.15) is 5.56 Å². The van der Waals surface area contributed by atoms with Crippen LogP contribution in [0.15, 0.2) is 42.5 Å². The average molecular weight is 448 g/mol. The summed E-state index contributed by atoms with van der Waals surface area (Å²) in [5.74, 6) is -1.40. The molecule has 0 aliphatic heterocycles. The summed E-state index contributed by atoms with van der Waals surface area (Å²) in [5, 5.41) is 13.1. The summed E-state index contributed by atoms with van der Waals surface area (Å²) in [6.45, 7) is 0.846. The number of nitrogens with one attached hydrogen (secondary N) is 1. The van der Waals surface area contributed by atoms with Gasteiger partial charge in [-0.05, 0) is 40.3 Å². The Morgan fingerprint density at radius 3 is 2.54 bits per heavy atom. The minimum absolute atomic E-state index is 0.0435. The van der Waals surface area contributed by atoms with Gasteiger partial charge < -0.3 is 20.9 Å². The third-order valence-electron chi connectivity index (χ3n) is 3.34. The standard InChI is InChI=1S/C17H19F2IN2O2/c18-12-5-13(19)7-15(6-12)24-10-16(21)17(23)9-22-8-11-2-1-3-14(20)4-11/h1-7,16-17,22-23H,8-10,21H2. The molecule has 2 aromatic rings. The van der Waals surface area contributed by atoms with Crippen molar-refractivity contribution in [2.45, 2.75) is 18.7 Å². The zero-order valence-corrected chi connectivity index (χ0v) is 15.0. The fourth-order valence-corrected chi connectivity index (χ4v) is 2.69. The van der Waals surface area contributed by atoms with Gasteiger partial charge in [-0.25, -0.2) is 8.78 Å². The predicted molar refractivity (Wildman–Crippen MR) is 96.7 cm³/mol. The fraction of sp³-hybridized carbons (Fsp3) is 0.294. The van der Waals surface area contributed by atoms with Crippen molar-refractivity contribution in [1.29, 1.82) is 0 Å². The maximum atomic E-state index is 13.1. The van der Waals surface area contributed by atoms with Crippen molar-refractivity contribution in [3.8, 4) is 5.75 Å². The lowest BCUT2D eigenvalue weighted by Gasteiger charge is -2.20. The molecule has 0 radical (unpaired) electrons. The second-order valence-electron chi connectivity index (χ2n) is 5.41. The maximum Gasteiger partial charge on any atom is 0.129 e.